The van der Waals surface area contributed by atoms with E-state index < -0.39 is 0 Å². The van der Waals surface area contributed by atoms with Crippen LogP contribution in [0.1, 0.15) is 60.2 Å². The molecule has 0 spiro atoms. The molecule has 0 bridgehead atoms. The smallest absolute Gasteiger partial charge is 0.169 e. The van der Waals surface area contributed by atoms with Gasteiger partial charge in [-0.25, -0.2) is 0 Å². The lowest BCUT2D eigenvalue weighted by Crippen LogP contribution is -2.32. The van der Waals surface area contributed by atoms with Crippen LogP contribution < -0.4 is 0 Å². The number of fused-ring (bicyclic) bond motifs is 2. The van der Waals surface area contributed by atoms with Crippen molar-refractivity contribution in [2.24, 2.45) is 5.41 Å². The molecule has 0 heterocycles. The first-order valence-electron chi connectivity index (χ1n) is 6.83. The molecule has 0 fully saturated rings. The first-order chi connectivity index (χ1) is 8.14. The summed E-state index contributed by atoms with van der Waals surface area (Å²) < 4.78 is 0. The summed E-state index contributed by atoms with van der Waals surface area (Å²) >= 11 is 0. The summed E-state index contributed by atoms with van der Waals surface area (Å²) in [6.45, 7) is 4.27. The molecular weight excluding hydrogens is 208 g/mol. The minimum atomic E-state index is -0.111. The Morgan fingerprint density at radius 3 is 2.53 bits per heavy atom. The van der Waals surface area contributed by atoms with Crippen molar-refractivity contribution in [3.8, 4) is 0 Å². The van der Waals surface area contributed by atoms with Gasteiger partial charge in [0.15, 0.2) is 5.78 Å². The number of hydrogen-bond donors (Lipinski definition) is 0. The number of carbonyl (C=O) groups excluding carboxylic acids is 1. The molecule has 2 aliphatic rings. The van der Waals surface area contributed by atoms with Crippen molar-refractivity contribution >= 4 is 5.78 Å². The van der Waals surface area contributed by atoms with Crippen LogP contribution in [0.2, 0.25) is 0 Å². The number of ketones is 1. The van der Waals surface area contributed by atoms with Crippen molar-refractivity contribution in [1.82, 2.24) is 0 Å². The van der Waals surface area contributed by atoms with Crippen molar-refractivity contribution in [3.63, 3.8) is 0 Å². The van der Waals surface area contributed by atoms with Gasteiger partial charge in [0, 0.05) is 11.0 Å². The van der Waals surface area contributed by atoms with Crippen LogP contribution in [0.25, 0.3) is 0 Å². The Hall–Kier alpha value is -1.11. The molecule has 0 aromatic heterocycles. The van der Waals surface area contributed by atoms with Crippen molar-refractivity contribution in [1.29, 1.82) is 0 Å². The fourth-order valence-electron chi connectivity index (χ4n) is 3.28. The van der Waals surface area contributed by atoms with Gasteiger partial charge in [-0.05, 0) is 61.3 Å². The lowest BCUT2D eigenvalue weighted by Gasteiger charge is -2.32. The lowest BCUT2D eigenvalue weighted by atomic mass is 9.70. The zero-order valence-electron chi connectivity index (χ0n) is 10.8. The van der Waals surface area contributed by atoms with E-state index in [0.29, 0.717) is 5.78 Å². The monoisotopic (exact) mass is 228 g/mol. The van der Waals surface area contributed by atoms with Crippen LogP contribution in [0, 0.1) is 5.41 Å². The maximum Gasteiger partial charge on any atom is 0.169 e. The lowest BCUT2D eigenvalue weighted by molar-refractivity contribution is 0.0778. The van der Waals surface area contributed by atoms with Gasteiger partial charge in [0.2, 0.25) is 0 Å². The Bertz CT molecular complexity index is 487. The Morgan fingerprint density at radius 2 is 1.82 bits per heavy atom. The number of rotatable bonds is 1. The highest BCUT2D eigenvalue weighted by atomic mass is 16.1. The highest BCUT2D eigenvalue weighted by Crippen LogP contribution is 2.39. The molecule has 0 radical (unpaired) electrons. The summed E-state index contributed by atoms with van der Waals surface area (Å²) in [6, 6.07) is 4.51. The zero-order chi connectivity index (χ0) is 12.0. The molecule has 1 nitrogen and oxygen atoms in total. The minimum absolute atomic E-state index is 0.111. The van der Waals surface area contributed by atoms with E-state index in [1.165, 1.54) is 36.0 Å². The maximum atomic E-state index is 12.6. The molecule has 0 amide bonds. The van der Waals surface area contributed by atoms with Crippen LogP contribution in [0.5, 0.6) is 0 Å². The van der Waals surface area contributed by atoms with Gasteiger partial charge in [-0.15, -0.1) is 0 Å². The Morgan fingerprint density at radius 1 is 1.12 bits per heavy atom. The minimum Gasteiger partial charge on any atom is -0.294 e. The summed E-state index contributed by atoms with van der Waals surface area (Å²) in [7, 11) is 0. The quantitative estimate of drug-likeness (QED) is 0.716. The molecule has 1 unspecified atom stereocenters. The third-order valence-electron chi connectivity index (χ3n) is 4.84. The number of aryl methyl sites for hydroxylation is 3. The Labute approximate surface area is 103 Å². The first kappa shape index (κ1) is 11.0. The van der Waals surface area contributed by atoms with Gasteiger partial charge in [-0.3, -0.25) is 4.79 Å². The number of Topliss-reactive ketones (excluding diaryl/α,β-unsaturated/α-hetero) is 1. The summed E-state index contributed by atoms with van der Waals surface area (Å²) in [5.41, 5.74) is 5.15. The van der Waals surface area contributed by atoms with E-state index in [-0.39, 0.29) is 5.41 Å². The summed E-state index contributed by atoms with van der Waals surface area (Å²) in [4.78, 5) is 12.6. The van der Waals surface area contributed by atoms with Gasteiger partial charge < -0.3 is 0 Å². The molecule has 1 aromatic rings. The first-order valence-corrected chi connectivity index (χ1v) is 6.83. The molecule has 0 aliphatic heterocycles. The van der Waals surface area contributed by atoms with Gasteiger partial charge in [-0.1, -0.05) is 19.9 Å². The Kier molecular flexibility index (Phi) is 2.39. The molecule has 1 aromatic carbocycles. The van der Waals surface area contributed by atoms with Gasteiger partial charge in [0.1, 0.15) is 0 Å². The van der Waals surface area contributed by atoms with E-state index in [4.69, 9.17) is 0 Å². The second kappa shape index (κ2) is 3.69. The van der Waals surface area contributed by atoms with Crippen molar-refractivity contribution < 1.29 is 4.79 Å². The fraction of sp³-hybridized carbons (Fsp3) is 0.562. The highest BCUT2D eigenvalue weighted by molar-refractivity contribution is 6.02. The van der Waals surface area contributed by atoms with Crippen molar-refractivity contribution in [2.45, 2.75) is 52.4 Å². The fourth-order valence-corrected chi connectivity index (χ4v) is 3.28. The molecule has 0 saturated carbocycles. The standard InChI is InChI=1S/C16H20O/c1-3-16(2)8-7-13-9-11-5-4-6-12(11)10-14(13)15(16)17/h9-10H,3-8H2,1-2H3. The molecule has 17 heavy (non-hydrogen) atoms. The largest absolute Gasteiger partial charge is 0.294 e. The van der Waals surface area contributed by atoms with Crippen LogP contribution in [-0.4, -0.2) is 5.78 Å². The maximum absolute atomic E-state index is 12.6. The molecular formula is C16H20O. The predicted octanol–water partition coefficient (Wildman–Crippen LogP) is 3.72. The summed E-state index contributed by atoms with van der Waals surface area (Å²) in [5.74, 6) is 0.385. The second-order valence-corrected chi connectivity index (χ2v) is 5.87. The van der Waals surface area contributed by atoms with Gasteiger partial charge in [0.05, 0.1) is 0 Å². The number of benzene rings is 1. The van der Waals surface area contributed by atoms with Crippen LogP contribution in [0.4, 0.5) is 0 Å². The molecule has 0 saturated heterocycles. The van der Waals surface area contributed by atoms with Gasteiger partial charge >= 0.3 is 0 Å². The van der Waals surface area contributed by atoms with Crippen molar-refractivity contribution in [2.75, 3.05) is 0 Å². The predicted molar refractivity (Wildman–Crippen MR) is 69.5 cm³/mol. The topological polar surface area (TPSA) is 17.1 Å². The molecule has 0 N–H and O–H groups in total. The van der Waals surface area contributed by atoms with Gasteiger partial charge in [0.25, 0.3) is 0 Å². The summed E-state index contributed by atoms with van der Waals surface area (Å²) in [5, 5.41) is 0. The van der Waals surface area contributed by atoms with E-state index in [9.17, 15) is 4.79 Å². The van der Waals surface area contributed by atoms with Crippen molar-refractivity contribution in [3.05, 3.63) is 34.4 Å². The highest BCUT2D eigenvalue weighted by Gasteiger charge is 2.37. The number of hydrogen-bond acceptors (Lipinski definition) is 1. The molecule has 1 heteroatoms. The summed E-state index contributed by atoms with van der Waals surface area (Å²) in [6.07, 6.45) is 6.70. The molecule has 1 atom stereocenters. The average Bonchev–Trinajstić information content (AvgIpc) is 2.79. The van der Waals surface area contributed by atoms with E-state index in [2.05, 4.69) is 26.0 Å². The second-order valence-electron chi connectivity index (χ2n) is 5.87. The number of carbonyl (C=O) groups is 1. The molecule has 3 rings (SSSR count). The Balaban J connectivity index is 2.10. The zero-order valence-corrected chi connectivity index (χ0v) is 10.8. The van der Waals surface area contributed by atoms with E-state index in [1.54, 1.807) is 0 Å². The van der Waals surface area contributed by atoms with Crippen LogP contribution in [0.3, 0.4) is 0 Å². The third-order valence-corrected chi connectivity index (χ3v) is 4.84. The van der Waals surface area contributed by atoms with E-state index in [1.807, 2.05) is 0 Å². The normalized spacial score (nSPS) is 26.8. The van der Waals surface area contributed by atoms with E-state index >= 15 is 0 Å². The van der Waals surface area contributed by atoms with Crippen LogP contribution in [-0.2, 0) is 19.3 Å². The van der Waals surface area contributed by atoms with Gasteiger partial charge in [-0.2, -0.15) is 0 Å². The SMILES string of the molecule is CCC1(C)CCc2cc3c(cc2C1=O)CCC3. The molecule has 2 aliphatic carbocycles. The van der Waals surface area contributed by atoms with Crippen LogP contribution >= 0.6 is 0 Å². The third kappa shape index (κ3) is 1.55. The molecule has 90 valence electrons. The average molecular weight is 228 g/mol. The van der Waals surface area contributed by atoms with E-state index in [0.717, 1.165) is 24.8 Å². The van der Waals surface area contributed by atoms with Crippen LogP contribution in [0.15, 0.2) is 12.1 Å².